The van der Waals surface area contributed by atoms with Crippen LogP contribution in [0, 0.1) is 6.92 Å². The second-order valence-corrected chi connectivity index (χ2v) is 5.49. The fourth-order valence-electron chi connectivity index (χ4n) is 2.57. The largest absolute Gasteiger partial charge is 0.492 e. The lowest BCUT2D eigenvalue weighted by atomic mass is 10.3. The minimum Gasteiger partial charge on any atom is -0.492 e. The molecule has 0 spiro atoms. The highest BCUT2D eigenvalue weighted by atomic mass is 16.5. The lowest BCUT2D eigenvalue weighted by Gasteiger charge is -2.33. The van der Waals surface area contributed by atoms with Crippen LogP contribution in [0.2, 0.25) is 0 Å². The van der Waals surface area contributed by atoms with Gasteiger partial charge >= 0.3 is 0 Å². The van der Waals surface area contributed by atoms with E-state index < -0.39 is 0 Å². The van der Waals surface area contributed by atoms with Crippen LogP contribution in [-0.2, 0) is 6.54 Å². The van der Waals surface area contributed by atoms with Crippen LogP contribution < -0.4 is 4.74 Å². The van der Waals surface area contributed by atoms with Crippen molar-refractivity contribution < 1.29 is 9.15 Å². The first-order valence-electron chi connectivity index (χ1n) is 7.71. The number of hydrogen-bond acceptors (Lipinski definition) is 6. The highest BCUT2D eigenvalue weighted by molar-refractivity contribution is 5.20. The van der Waals surface area contributed by atoms with Gasteiger partial charge in [0.05, 0.1) is 6.54 Å². The maximum absolute atomic E-state index is 5.75. The Morgan fingerprint density at radius 2 is 1.77 bits per heavy atom. The van der Waals surface area contributed by atoms with Crippen LogP contribution in [-0.4, -0.2) is 59.3 Å². The average molecular weight is 302 g/mol. The zero-order chi connectivity index (χ0) is 15.2. The van der Waals surface area contributed by atoms with Crippen LogP contribution in [0.25, 0.3) is 0 Å². The number of piperazine rings is 1. The Balaban J connectivity index is 1.35. The first-order valence-corrected chi connectivity index (χ1v) is 7.71. The van der Waals surface area contributed by atoms with Gasteiger partial charge in [0.25, 0.3) is 0 Å². The van der Waals surface area contributed by atoms with E-state index in [1.165, 1.54) is 0 Å². The average Bonchev–Trinajstić information content (AvgIpc) is 2.95. The molecule has 6 nitrogen and oxygen atoms in total. The van der Waals surface area contributed by atoms with E-state index >= 15 is 0 Å². The quantitative estimate of drug-likeness (QED) is 0.807. The molecule has 1 fully saturated rings. The number of hydrogen-bond donors (Lipinski definition) is 0. The van der Waals surface area contributed by atoms with E-state index in [9.17, 15) is 0 Å². The molecule has 0 radical (unpaired) electrons. The molecule has 0 atom stereocenters. The summed E-state index contributed by atoms with van der Waals surface area (Å²) in [5.74, 6) is 2.28. The predicted molar refractivity (Wildman–Crippen MR) is 82.7 cm³/mol. The SMILES string of the molecule is Cc1nnc(CN2CCN(CCOc3ccccc3)CC2)o1. The Labute approximate surface area is 130 Å². The van der Waals surface area contributed by atoms with Gasteiger partial charge in [0.1, 0.15) is 12.4 Å². The lowest BCUT2D eigenvalue weighted by molar-refractivity contribution is 0.106. The van der Waals surface area contributed by atoms with Crippen molar-refractivity contribution >= 4 is 0 Å². The van der Waals surface area contributed by atoms with Gasteiger partial charge in [-0.2, -0.15) is 0 Å². The van der Waals surface area contributed by atoms with Crippen LogP contribution in [0.1, 0.15) is 11.8 Å². The van der Waals surface area contributed by atoms with Gasteiger partial charge < -0.3 is 9.15 Å². The summed E-state index contributed by atoms with van der Waals surface area (Å²) in [5.41, 5.74) is 0. The topological polar surface area (TPSA) is 54.6 Å². The van der Waals surface area contributed by atoms with E-state index in [1.54, 1.807) is 0 Å². The van der Waals surface area contributed by atoms with Gasteiger partial charge in [-0.05, 0) is 12.1 Å². The van der Waals surface area contributed by atoms with Crippen LogP contribution in [0.3, 0.4) is 0 Å². The Hall–Kier alpha value is -1.92. The van der Waals surface area contributed by atoms with Crippen molar-refractivity contribution in [2.24, 2.45) is 0 Å². The van der Waals surface area contributed by atoms with Crippen LogP contribution >= 0.6 is 0 Å². The van der Waals surface area contributed by atoms with Gasteiger partial charge in [-0.1, -0.05) is 18.2 Å². The number of aryl methyl sites for hydroxylation is 1. The summed E-state index contributed by atoms with van der Waals surface area (Å²) in [4.78, 5) is 4.78. The summed E-state index contributed by atoms with van der Waals surface area (Å²) < 4.78 is 11.2. The van der Waals surface area contributed by atoms with Gasteiger partial charge in [-0.3, -0.25) is 9.80 Å². The Morgan fingerprint density at radius 1 is 1.05 bits per heavy atom. The van der Waals surface area contributed by atoms with Gasteiger partial charge in [0, 0.05) is 39.6 Å². The number of benzene rings is 1. The fourth-order valence-corrected chi connectivity index (χ4v) is 2.57. The predicted octanol–water partition coefficient (Wildman–Crippen LogP) is 1.57. The molecule has 1 aromatic heterocycles. The van der Waals surface area contributed by atoms with Crippen molar-refractivity contribution in [3.8, 4) is 5.75 Å². The van der Waals surface area contributed by atoms with Crippen molar-refractivity contribution in [2.75, 3.05) is 39.3 Å². The monoisotopic (exact) mass is 302 g/mol. The number of rotatable bonds is 6. The van der Waals surface area contributed by atoms with E-state index in [1.807, 2.05) is 37.3 Å². The van der Waals surface area contributed by atoms with Crippen LogP contribution in [0.4, 0.5) is 0 Å². The number of ether oxygens (including phenoxy) is 1. The van der Waals surface area contributed by atoms with Gasteiger partial charge in [0.15, 0.2) is 0 Å². The summed E-state index contributed by atoms with van der Waals surface area (Å²) in [6, 6.07) is 9.96. The molecule has 0 aliphatic carbocycles. The zero-order valence-electron chi connectivity index (χ0n) is 12.9. The first kappa shape index (κ1) is 15.0. The Kier molecular flexibility index (Phi) is 5.03. The van der Waals surface area contributed by atoms with Crippen molar-refractivity contribution in [3.05, 3.63) is 42.1 Å². The highest BCUT2D eigenvalue weighted by Crippen LogP contribution is 2.10. The Morgan fingerprint density at radius 3 is 2.45 bits per heavy atom. The standard InChI is InChI=1S/C16H22N4O2/c1-14-17-18-16(22-14)13-20-9-7-19(8-10-20)11-12-21-15-5-3-2-4-6-15/h2-6H,7-13H2,1H3. The van der Waals surface area contributed by atoms with Gasteiger partial charge in [-0.15, -0.1) is 10.2 Å². The summed E-state index contributed by atoms with van der Waals surface area (Å²) in [6.45, 7) is 8.39. The molecule has 1 aromatic carbocycles. The van der Waals surface area contributed by atoms with Crippen LogP contribution in [0.5, 0.6) is 5.75 Å². The van der Waals surface area contributed by atoms with Crippen molar-refractivity contribution in [3.63, 3.8) is 0 Å². The molecule has 0 bridgehead atoms. The zero-order valence-corrected chi connectivity index (χ0v) is 12.9. The third kappa shape index (κ3) is 4.29. The summed E-state index contributed by atoms with van der Waals surface area (Å²) in [7, 11) is 0. The van der Waals surface area contributed by atoms with E-state index in [0.717, 1.165) is 51.6 Å². The molecule has 22 heavy (non-hydrogen) atoms. The van der Waals surface area contributed by atoms with Gasteiger partial charge in [-0.25, -0.2) is 0 Å². The maximum atomic E-state index is 5.75. The molecule has 3 rings (SSSR count). The van der Waals surface area contributed by atoms with E-state index in [-0.39, 0.29) is 0 Å². The number of aromatic nitrogens is 2. The van der Waals surface area contributed by atoms with E-state index in [4.69, 9.17) is 9.15 Å². The highest BCUT2D eigenvalue weighted by Gasteiger charge is 2.18. The summed E-state index contributed by atoms with van der Waals surface area (Å²) >= 11 is 0. The minimum atomic E-state index is 0.631. The first-order chi connectivity index (χ1) is 10.8. The normalized spacial score (nSPS) is 16.8. The smallest absolute Gasteiger partial charge is 0.230 e. The molecule has 1 aliphatic rings. The molecule has 6 heteroatoms. The third-order valence-corrected chi connectivity index (χ3v) is 3.81. The maximum Gasteiger partial charge on any atom is 0.230 e. The molecular weight excluding hydrogens is 280 g/mol. The second kappa shape index (κ2) is 7.38. The minimum absolute atomic E-state index is 0.631. The lowest BCUT2D eigenvalue weighted by Crippen LogP contribution is -2.47. The van der Waals surface area contributed by atoms with Crippen LogP contribution in [0.15, 0.2) is 34.7 Å². The van der Waals surface area contributed by atoms with Crippen molar-refractivity contribution in [2.45, 2.75) is 13.5 Å². The number of para-hydroxylation sites is 1. The summed E-state index contributed by atoms with van der Waals surface area (Å²) in [5, 5.41) is 7.92. The summed E-state index contributed by atoms with van der Waals surface area (Å²) in [6.07, 6.45) is 0. The molecule has 0 unspecified atom stereocenters. The molecule has 1 aliphatic heterocycles. The Bertz CT molecular complexity index is 565. The molecule has 0 saturated carbocycles. The molecule has 1 saturated heterocycles. The molecule has 2 heterocycles. The number of nitrogens with zero attached hydrogens (tertiary/aromatic N) is 4. The molecule has 0 amide bonds. The molecule has 0 N–H and O–H groups in total. The fraction of sp³-hybridized carbons (Fsp3) is 0.500. The molecule has 2 aromatic rings. The van der Waals surface area contributed by atoms with Crippen molar-refractivity contribution in [1.82, 2.24) is 20.0 Å². The molecule has 118 valence electrons. The molecular formula is C16H22N4O2. The second-order valence-electron chi connectivity index (χ2n) is 5.49. The van der Waals surface area contributed by atoms with Crippen molar-refractivity contribution in [1.29, 1.82) is 0 Å². The van der Waals surface area contributed by atoms with E-state index in [0.29, 0.717) is 11.8 Å². The van der Waals surface area contributed by atoms with E-state index in [2.05, 4.69) is 20.0 Å². The third-order valence-electron chi connectivity index (χ3n) is 3.81. The van der Waals surface area contributed by atoms with Gasteiger partial charge in [0.2, 0.25) is 11.8 Å².